The van der Waals surface area contributed by atoms with E-state index in [1.165, 1.54) is 45.6 Å². The molecule has 0 aromatic rings. The Kier molecular flexibility index (Phi) is 7.22. The second-order valence-electron chi connectivity index (χ2n) is 11.6. The number of hydrogen-bond donors (Lipinski definition) is 2. The van der Waals surface area contributed by atoms with Crippen molar-refractivity contribution in [2.75, 3.05) is 7.11 Å². The number of carbonyl (C=O) groups excluding carboxylic acids is 1. The third-order valence-corrected chi connectivity index (χ3v) is 10.6. The van der Waals surface area contributed by atoms with Crippen molar-refractivity contribution in [3.63, 3.8) is 0 Å². The van der Waals surface area contributed by atoms with Crippen LogP contribution in [0.15, 0.2) is 0 Å². The predicted molar refractivity (Wildman–Crippen MR) is 122 cm³/mol. The molecular formula is C25H44ClNO3. The van der Waals surface area contributed by atoms with E-state index in [2.05, 4.69) is 20.8 Å². The van der Waals surface area contributed by atoms with Crippen LogP contribution in [0.2, 0.25) is 0 Å². The Morgan fingerprint density at radius 1 is 1.13 bits per heavy atom. The molecule has 0 aromatic heterocycles. The highest BCUT2D eigenvalue weighted by Gasteiger charge is 2.63. The molecule has 0 spiro atoms. The van der Waals surface area contributed by atoms with Crippen LogP contribution in [0.5, 0.6) is 0 Å². The van der Waals surface area contributed by atoms with Gasteiger partial charge in [0.25, 0.3) is 0 Å². The first-order valence-electron chi connectivity index (χ1n) is 12.2. The molecule has 0 unspecified atom stereocenters. The molecule has 4 aliphatic carbocycles. The summed E-state index contributed by atoms with van der Waals surface area (Å²) in [5, 5.41) is 11.6. The van der Waals surface area contributed by atoms with Gasteiger partial charge in [-0.3, -0.25) is 4.79 Å². The second-order valence-corrected chi connectivity index (χ2v) is 11.6. The fourth-order valence-electron chi connectivity index (χ4n) is 8.86. The first kappa shape index (κ1) is 24.3. The Balaban J connectivity index is 0.00000256. The smallest absolute Gasteiger partial charge is 0.305 e. The Bertz CT molecular complexity index is 630. The largest absolute Gasteiger partial charge is 0.469 e. The van der Waals surface area contributed by atoms with Crippen LogP contribution in [0, 0.1) is 46.3 Å². The molecule has 0 aromatic carbocycles. The minimum atomic E-state index is -0.215. The number of esters is 1. The molecule has 0 aliphatic heterocycles. The third-order valence-electron chi connectivity index (χ3n) is 10.6. The number of carbonyl (C=O) groups is 1. The first-order chi connectivity index (χ1) is 13.7. The number of ether oxygens (including phenoxy) is 1. The van der Waals surface area contributed by atoms with E-state index in [9.17, 15) is 9.90 Å². The van der Waals surface area contributed by atoms with E-state index in [0.717, 1.165) is 31.1 Å². The lowest BCUT2D eigenvalue weighted by Crippen LogP contribution is -2.59. The van der Waals surface area contributed by atoms with Crippen molar-refractivity contribution in [2.45, 2.75) is 97.1 Å². The summed E-state index contributed by atoms with van der Waals surface area (Å²) < 4.78 is 4.86. The standard InChI is InChI=1S/C25H43NO3.ClH/c1-15(5-10-23(28)29-4)19-8-9-20-18-7-6-16-13-17(26)11-12-24(16,2)21(18)14-22(27)25(19,20)3;/h15-22,27H,5-14,26H2,1-4H3;1H/t15-,16-,17+,18+,19-,20+,21+,22+,24+,25-;/m1./s1. The minimum absolute atomic E-state index is 0. The number of nitrogens with two attached hydrogens (primary N) is 1. The van der Waals surface area contributed by atoms with E-state index in [-0.39, 0.29) is 29.9 Å². The van der Waals surface area contributed by atoms with E-state index >= 15 is 0 Å². The Labute approximate surface area is 189 Å². The maximum atomic E-state index is 11.7. The van der Waals surface area contributed by atoms with Gasteiger partial charge in [0.2, 0.25) is 0 Å². The molecule has 5 heteroatoms. The summed E-state index contributed by atoms with van der Waals surface area (Å²) in [5.41, 5.74) is 6.71. The van der Waals surface area contributed by atoms with Crippen LogP contribution in [-0.2, 0) is 9.53 Å². The van der Waals surface area contributed by atoms with E-state index in [4.69, 9.17) is 10.5 Å². The van der Waals surface area contributed by atoms with Crippen molar-refractivity contribution in [1.82, 2.24) is 0 Å². The van der Waals surface area contributed by atoms with E-state index in [1.807, 2.05) is 0 Å². The van der Waals surface area contributed by atoms with Gasteiger partial charge in [0.1, 0.15) is 0 Å². The Morgan fingerprint density at radius 3 is 2.57 bits per heavy atom. The number of hydrogen-bond acceptors (Lipinski definition) is 4. The summed E-state index contributed by atoms with van der Waals surface area (Å²) in [6, 6.07) is 0.384. The molecular weight excluding hydrogens is 398 g/mol. The molecule has 3 N–H and O–H groups in total. The molecule has 4 aliphatic rings. The van der Waals surface area contributed by atoms with Crippen molar-refractivity contribution in [2.24, 2.45) is 52.1 Å². The van der Waals surface area contributed by atoms with Gasteiger partial charge in [-0.25, -0.2) is 0 Å². The SMILES string of the molecule is COC(=O)CC[C@@H](C)[C@H]1CC[C@H]2[C@@H]3CC[C@@H]4C[C@@H](N)CC[C@]4(C)[C@H]3C[C@H](O)[C@]12C.Cl. The maximum Gasteiger partial charge on any atom is 0.305 e. The van der Waals surface area contributed by atoms with Crippen molar-refractivity contribution >= 4 is 18.4 Å². The first-order valence-corrected chi connectivity index (χ1v) is 12.2. The van der Waals surface area contributed by atoms with Crippen LogP contribution < -0.4 is 5.73 Å². The number of halogens is 1. The molecule has 4 saturated carbocycles. The van der Waals surface area contributed by atoms with E-state index in [0.29, 0.717) is 41.5 Å². The number of rotatable bonds is 4. The predicted octanol–water partition coefficient (Wildman–Crippen LogP) is 4.95. The molecule has 10 atom stereocenters. The number of fused-ring (bicyclic) bond motifs is 5. The molecule has 30 heavy (non-hydrogen) atoms. The summed E-state index contributed by atoms with van der Waals surface area (Å²) in [4.78, 5) is 11.7. The lowest BCUT2D eigenvalue weighted by molar-refractivity contribution is -0.169. The Morgan fingerprint density at radius 2 is 1.87 bits per heavy atom. The second kappa shape index (κ2) is 8.90. The highest BCUT2D eigenvalue weighted by molar-refractivity contribution is 5.85. The van der Waals surface area contributed by atoms with Gasteiger partial charge in [-0.2, -0.15) is 0 Å². The number of aliphatic hydroxyl groups excluding tert-OH is 1. The van der Waals surface area contributed by atoms with Crippen LogP contribution in [0.25, 0.3) is 0 Å². The maximum absolute atomic E-state index is 11.7. The molecule has 0 heterocycles. The summed E-state index contributed by atoms with van der Waals surface area (Å²) in [5.74, 6) is 3.66. The van der Waals surface area contributed by atoms with Crippen molar-refractivity contribution in [3.05, 3.63) is 0 Å². The lowest BCUT2D eigenvalue weighted by Gasteiger charge is -2.62. The van der Waals surface area contributed by atoms with Gasteiger partial charge in [0.15, 0.2) is 0 Å². The van der Waals surface area contributed by atoms with Gasteiger partial charge in [-0.15, -0.1) is 12.4 Å². The highest BCUT2D eigenvalue weighted by Crippen LogP contribution is 2.68. The minimum Gasteiger partial charge on any atom is -0.469 e. The summed E-state index contributed by atoms with van der Waals surface area (Å²) >= 11 is 0. The molecule has 4 rings (SSSR count). The van der Waals surface area contributed by atoms with Crippen LogP contribution in [0.4, 0.5) is 0 Å². The fraction of sp³-hybridized carbons (Fsp3) is 0.960. The lowest BCUT2D eigenvalue weighted by atomic mass is 9.43. The van der Waals surface area contributed by atoms with Gasteiger partial charge in [0.05, 0.1) is 13.2 Å². The summed E-state index contributed by atoms with van der Waals surface area (Å²) in [6.45, 7) is 7.21. The van der Waals surface area contributed by atoms with Crippen LogP contribution in [-0.4, -0.2) is 30.3 Å². The molecule has 4 nitrogen and oxygen atoms in total. The zero-order chi connectivity index (χ0) is 21.0. The van der Waals surface area contributed by atoms with Gasteiger partial charge < -0.3 is 15.6 Å². The summed E-state index contributed by atoms with van der Waals surface area (Å²) in [7, 11) is 1.47. The molecule has 0 saturated heterocycles. The summed E-state index contributed by atoms with van der Waals surface area (Å²) in [6.07, 6.45) is 10.8. The Hall–Kier alpha value is -0.320. The highest BCUT2D eigenvalue weighted by atomic mass is 35.5. The number of aliphatic hydroxyl groups is 1. The zero-order valence-electron chi connectivity index (χ0n) is 19.4. The van der Waals surface area contributed by atoms with Crippen LogP contribution >= 0.6 is 12.4 Å². The van der Waals surface area contributed by atoms with Gasteiger partial charge in [-0.05, 0) is 104 Å². The molecule has 0 radical (unpaired) electrons. The quantitative estimate of drug-likeness (QED) is 0.605. The number of methoxy groups -OCH3 is 1. The molecule has 174 valence electrons. The zero-order valence-corrected chi connectivity index (χ0v) is 20.3. The van der Waals surface area contributed by atoms with Crippen molar-refractivity contribution < 1.29 is 14.6 Å². The van der Waals surface area contributed by atoms with Crippen molar-refractivity contribution in [3.8, 4) is 0 Å². The topological polar surface area (TPSA) is 72.5 Å². The fourth-order valence-corrected chi connectivity index (χ4v) is 8.86. The van der Waals surface area contributed by atoms with Gasteiger partial charge >= 0.3 is 5.97 Å². The monoisotopic (exact) mass is 441 g/mol. The molecule has 0 bridgehead atoms. The van der Waals surface area contributed by atoms with E-state index < -0.39 is 0 Å². The normalized spacial score (nSPS) is 48.5. The van der Waals surface area contributed by atoms with Crippen molar-refractivity contribution in [1.29, 1.82) is 0 Å². The molecule has 0 amide bonds. The van der Waals surface area contributed by atoms with Crippen LogP contribution in [0.1, 0.15) is 85.0 Å². The van der Waals surface area contributed by atoms with Crippen LogP contribution in [0.3, 0.4) is 0 Å². The molecule has 4 fully saturated rings. The van der Waals surface area contributed by atoms with Gasteiger partial charge in [-0.1, -0.05) is 20.8 Å². The third kappa shape index (κ3) is 3.73. The van der Waals surface area contributed by atoms with E-state index in [1.54, 1.807) is 0 Å². The van der Waals surface area contributed by atoms with Gasteiger partial charge in [0, 0.05) is 12.5 Å². The average molecular weight is 442 g/mol. The average Bonchev–Trinajstić information content (AvgIpc) is 3.06.